The maximum atomic E-state index is 12.0. The predicted octanol–water partition coefficient (Wildman–Crippen LogP) is 4.91. The van der Waals surface area contributed by atoms with Gasteiger partial charge >= 0.3 is 0 Å². The fourth-order valence-electron chi connectivity index (χ4n) is 1.50. The highest BCUT2D eigenvalue weighted by Gasteiger charge is 2.09. The van der Waals surface area contributed by atoms with E-state index in [1.165, 1.54) is 0 Å². The van der Waals surface area contributed by atoms with Gasteiger partial charge in [-0.25, -0.2) is 0 Å². The Hall–Kier alpha value is -1.38. The first-order chi connectivity index (χ1) is 8.66. The first kappa shape index (κ1) is 13.1. The first-order valence-electron chi connectivity index (χ1n) is 5.39. The summed E-state index contributed by atoms with van der Waals surface area (Å²) >= 11 is 9.40. The average molecular weight is 322 g/mol. The number of ketones is 1. The van der Waals surface area contributed by atoms with E-state index in [-0.39, 0.29) is 10.8 Å². The van der Waals surface area contributed by atoms with Crippen LogP contribution >= 0.6 is 27.5 Å². The van der Waals surface area contributed by atoms with Crippen molar-refractivity contribution < 1.29 is 4.79 Å². The van der Waals surface area contributed by atoms with E-state index < -0.39 is 0 Å². The predicted molar refractivity (Wildman–Crippen MR) is 78.7 cm³/mol. The minimum absolute atomic E-state index is 0.166. The van der Waals surface area contributed by atoms with Crippen molar-refractivity contribution in [1.82, 2.24) is 0 Å². The van der Waals surface area contributed by atoms with E-state index in [2.05, 4.69) is 15.9 Å². The fourth-order valence-corrected chi connectivity index (χ4v) is 2.00. The summed E-state index contributed by atoms with van der Waals surface area (Å²) in [4.78, 5) is 12.0. The fraction of sp³-hybridized carbons (Fsp3) is 0. The van der Waals surface area contributed by atoms with Crippen LogP contribution in [0.25, 0.3) is 6.08 Å². The minimum atomic E-state index is -0.166. The maximum absolute atomic E-state index is 12.0. The van der Waals surface area contributed by atoms with Gasteiger partial charge in [0.15, 0.2) is 0 Å². The zero-order valence-electron chi connectivity index (χ0n) is 9.44. The molecule has 0 unspecified atom stereocenters. The van der Waals surface area contributed by atoms with Crippen LogP contribution < -0.4 is 0 Å². The summed E-state index contributed by atoms with van der Waals surface area (Å²) in [6, 6.07) is 16.6. The van der Waals surface area contributed by atoms with Gasteiger partial charge in [0.25, 0.3) is 0 Å². The van der Waals surface area contributed by atoms with Crippen molar-refractivity contribution in [2.75, 3.05) is 0 Å². The van der Waals surface area contributed by atoms with Crippen LogP contribution in [-0.2, 0) is 0 Å². The normalized spacial score (nSPS) is 11.3. The summed E-state index contributed by atoms with van der Waals surface area (Å²) in [7, 11) is 0. The Labute approximate surface area is 119 Å². The summed E-state index contributed by atoms with van der Waals surface area (Å²) < 4.78 is 0.991. The Morgan fingerprint density at radius 3 is 2.22 bits per heavy atom. The van der Waals surface area contributed by atoms with Crippen molar-refractivity contribution in [3.05, 3.63) is 75.2 Å². The standard InChI is InChI=1S/C15H10BrClO/c16-13-8-6-11(7-9-13)10-14(17)15(18)12-4-2-1-3-5-12/h1-10H/b14-10+. The molecule has 1 nitrogen and oxygen atoms in total. The number of allylic oxidation sites excluding steroid dienone is 1. The molecule has 0 radical (unpaired) electrons. The van der Waals surface area contributed by atoms with Crippen LogP contribution in [0.4, 0.5) is 0 Å². The molecule has 0 aliphatic rings. The largest absolute Gasteiger partial charge is 0.288 e. The molecule has 0 N–H and O–H groups in total. The van der Waals surface area contributed by atoms with E-state index >= 15 is 0 Å². The molecule has 2 aromatic carbocycles. The zero-order valence-corrected chi connectivity index (χ0v) is 11.8. The monoisotopic (exact) mass is 320 g/mol. The summed E-state index contributed by atoms with van der Waals surface area (Å²) in [5, 5.41) is 0.212. The molecule has 2 rings (SSSR count). The number of hydrogen-bond donors (Lipinski definition) is 0. The molecule has 90 valence electrons. The molecule has 0 aliphatic carbocycles. The molecule has 0 heterocycles. The van der Waals surface area contributed by atoms with Gasteiger partial charge in [-0.3, -0.25) is 4.79 Å². The molecule has 0 saturated heterocycles. The summed E-state index contributed by atoms with van der Waals surface area (Å²) in [6.07, 6.45) is 1.67. The Balaban J connectivity index is 2.23. The van der Waals surface area contributed by atoms with Crippen molar-refractivity contribution in [3.8, 4) is 0 Å². The van der Waals surface area contributed by atoms with Crippen molar-refractivity contribution in [2.45, 2.75) is 0 Å². The van der Waals surface area contributed by atoms with Crippen LogP contribution in [0.5, 0.6) is 0 Å². The molecular weight excluding hydrogens is 312 g/mol. The van der Waals surface area contributed by atoms with E-state index in [0.717, 1.165) is 10.0 Å². The van der Waals surface area contributed by atoms with Crippen LogP contribution in [0.1, 0.15) is 15.9 Å². The second kappa shape index (κ2) is 5.98. The highest BCUT2D eigenvalue weighted by Crippen LogP contribution is 2.18. The maximum Gasteiger partial charge on any atom is 0.204 e. The van der Waals surface area contributed by atoms with Gasteiger partial charge in [0, 0.05) is 10.0 Å². The topological polar surface area (TPSA) is 17.1 Å². The molecular formula is C15H10BrClO. The van der Waals surface area contributed by atoms with Crippen LogP contribution in [-0.4, -0.2) is 5.78 Å². The molecule has 3 heteroatoms. The highest BCUT2D eigenvalue weighted by atomic mass is 79.9. The number of hydrogen-bond acceptors (Lipinski definition) is 1. The molecule has 0 fully saturated rings. The lowest BCUT2D eigenvalue weighted by Crippen LogP contribution is -1.98. The molecule has 0 atom stereocenters. The van der Waals surface area contributed by atoms with E-state index in [1.807, 2.05) is 42.5 Å². The number of Topliss-reactive ketones (excluding diaryl/α,β-unsaturated/α-hetero) is 1. The van der Waals surface area contributed by atoms with Crippen molar-refractivity contribution in [3.63, 3.8) is 0 Å². The van der Waals surface area contributed by atoms with Gasteiger partial charge in [-0.2, -0.15) is 0 Å². The van der Waals surface area contributed by atoms with E-state index in [0.29, 0.717) is 5.56 Å². The minimum Gasteiger partial charge on any atom is -0.288 e. The third kappa shape index (κ3) is 3.31. The molecule has 18 heavy (non-hydrogen) atoms. The van der Waals surface area contributed by atoms with Gasteiger partial charge in [0.05, 0.1) is 5.03 Å². The second-order valence-electron chi connectivity index (χ2n) is 3.74. The SMILES string of the molecule is O=C(/C(Cl)=C\c1ccc(Br)cc1)c1ccccc1. The van der Waals surface area contributed by atoms with Crippen LogP contribution in [0.2, 0.25) is 0 Å². The van der Waals surface area contributed by atoms with Crippen LogP contribution in [0.3, 0.4) is 0 Å². The Morgan fingerprint density at radius 1 is 1.00 bits per heavy atom. The lowest BCUT2D eigenvalue weighted by molar-refractivity contribution is 0.104. The van der Waals surface area contributed by atoms with E-state index in [9.17, 15) is 4.79 Å². The van der Waals surface area contributed by atoms with Crippen molar-refractivity contribution in [2.24, 2.45) is 0 Å². The van der Waals surface area contributed by atoms with Gasteiger partial charge < -0.3 is 0 Å². The molecule has 0 spiro atoms. The lowest BCUT2D eigenvalue weighted by atomic mass is 10.1. The quantitative estimate of drug-likeness (QED) is 0.580. The number of carbonyl (C=O) groups is 1. The Morgan fingerprint density at radius 2 is 1.61 bits per heavy atom. The second-order valence-corrected chi connectivity index (χ2v) is 5.06. The van der Waals surface area contributed by atoms with Gasteiger partial charge in [-0.15, -0.1) is 0 Å². The molecule has 0 aromatic heterocycles. The number of rotatable bonds is 3. The van der Waals surface area contributed by atoms with Crippen LogP contribution in [0, 0.1) is 0 Å². The Kier molecular flexibility index (Phi) is 4.34. The van der Waals surface area contributed by atoms with Crippen molar-refractivity contribution in [1.29, 1.82) is 0 Å². The summed E-state index contributed by atoms with van der Waals surface area (Å²) in [6.45, 7) is 0. The van der Waals surface area contributed by atoms with Gasteiger partial charge in [0.1, 0.15) is 0 Å². The molecule has 0 aliphatic heterocycles. The zero-order chi connectivity index (χ0) is 13.0. The molecule has 0 amide bonds. The van der Waals surface area contributed by atoms with E-state index in [1.54, 1.807) is 18.2 Å². The van der Waals surface area contributed by atoms with Gasteiger partial charge in [-0.1, -0.05) is 70.0 Å². The lowest BCUT2D eigenvalue weighted by Gasteiger charge is -2.00. The number of carbonyl (C=O) groups excluding carboxylic acids is 1. The smallest absolute Gasteiger partial charge is 0.204 e. The third-order valence-corrected chi connectivity index (χ3v) is 3.23. The van der Waals surface area contributed by atoms with Gasteiger partial charge in [-0.05, 0) is 23.8 Å². The van der Waals surface area contributed by atoms with E-state index in [4.69, 9.17) is 11.6 Å². The van der Waals surface area contributed by atoms with Crippen molar-refractivity contribution >= 4 is 39.4 Å². The molecule has 2 aromatic rings. The molecule has 0 saturated carbocycles. The number of halogens is 2. The number of benzene rings is 2. The summed E-state index contributed by atoms with van der Waals surface area (Å²) in [5.74, 6) is -0.166. The van der Waals surface area contributed by atoms with Gasteiger partial charge in [0.2, 0.25) is 5.78 Å². The Bertz CT molecular complexity index is 573. The third-order valence-electron chi connectivity index (χ3n) is 2.42. The molecule has 0 bridgehead atoms. The summed E-state index contributed by atoms with van der Waals surface area (Å²) in [5.41, 5.74) is 1.49. The first-order valence-corrected chi connectivity index (χ1v) is 6.56. The average Bonchev–Trinajstić information content (AvgIpc) is 2.41. The van der Waals surface area contributed by atoms with Crippen LogP contribution in [0.15, 0.2) is 64.1 Å². The highest BCUT2D eigenvalue weighted by molar-refractivity contribution is 9.10.